The number of benzene rings is 2. The standard InChI is InChI=1S/C49H72N2O13/c1-41(2,3)28-48(16,39(54)63-32-19-21-35(50(56)57)31(25-32)27-52)45(11,12)44(9,10)30-49(17,46(13,14)43(7,8)29-47(15,38(53)60-18)42(4,5)6)40(55)64-33-20-22-36(51(58)59)34(26-33)37-61-23-24-62-37/h19-22,25-27,37H,23-24,28-30H2,1-18H3. The van der Waals surface area contributed by atoms with E-state index in [1.807, 2.05) is 118 Å². The van der Waals surface area contributed by atoms with Crippen LogP contribution in [0.5, 0.6) is 11.5 Å². The van der Waals surface area contributed by atoms with E-state index >= 15 is 4.79 Å². The van der Waals surface area contributed by atoms with Crippen LogP contribution >= 0.6 is 0 Å². The van der Waals surface area contributed by atoms with Gasteiger partial charge in [0.05, 0.1) is 57.5 Å². The Morgan fingerprint density at radius 1 is 0.625 bits per heavy atom. The molecule has 0 bridgehead atoms. The SMILES string of the molecule is COC(=O)C(C)(CC(C)(C)C(C)(C)C(C)(CC(C)(C)C(C)(C)C(C)(CC(C)(C)C)C(=O)Oc1ccc([N+](=O)[O-])c(C=O)c1)C(=O)Oc1ccc([N+](=O)[O-])c(C2OCCO2)c1)C(C)(C)C. The molecule has 0 saturated carbocycles. The molecule has 1 fully saturated rings. The summed E-state index contributed by atoms with van der Waals surface area (Å²) in [6, 6.07) is 7.57. The van der Waals surface area contributed by atoms with Crippen molar-refractivity contribution in [2.45, 2.75) is 143 Å². The Kier molecular flexibility index (Phi) is 15.3. The van der Waals surface area contributed by atoms with E-state index in [1.165, 1.54) is 37.4 Å². The molecule has 64 heavy (non-hydrogen) atoms. The van der Waals surface area contributed by atoms with Crippen molar-refractivity contribution < 1.29 is 52.7 Å². The third-order valence-corrected chi connectivity index (χ3v) is 15.6. The van der Waals surface area contributed by atoms with Gasteiger partial charge in [0, 0.05) is 12.1 Å². The van der Waals surface area contributed by atoms with Gasteiger partial charge in [-0.1, -0.05) is 96.9 Å². The van der Waals surface area contributed by atoms with Crippen molar-refractivity contribution >= 4 is 35.6 Å². The lowest BCUT2D eigenvalue weighted by atomic mass is 9.43. The maximum atomic E-state index is 15.4. The predicted octanol–water partition coefficient (Wildman–Crippen LogP) is 11.4. The van der Waals surface area contributed by atoms with Crippen LogP contribution in [0.4, 0.5) is 11.4 Å². The van der Waals surface area contributed by atoms with Crippen molar-refractivity contribution in [3.05, 3.63) is 67.8 Å². The summed E-state index contributed by atoms with van der Waals surface area (Å²) in [7, 11) is 1.36. The molecule has 0 N–H and O–H groups in total. The lowest BCUT2D eigenvalue weighted by molar-refractivity contribution is -0.386. The molecule has 1 aliphatic heterocycles. The molecule has 1 saturated heterocycles. The zero-order valence-corrected chi connectivity index (χ0v) is 41.4. The molecule has 2 aromatic rings. The van der Waals surface area contributed by atoms with Crippen LogP contribution in [0.1, 0.15) is 159 Å². The fourth-order valence-electron chi connectivity index (χ4n) is 9.51. The van der Waals surface area contributed by atoms with Crippen molar-refractivity contribution in [3.8, 4) is 11.5 Å². The largest absolute Gasteiger partial charge is 0.469 e. The predicted molar refractivity (Wildman–Crippen MR) is 242 cm³/mol. The highest BCUT2D eigenvalue weighted by Crippen LogP contribution is 2.66. The molecule has 3 atom stereocenters. The first-order chi connectivity index (χ1) is 28.9. The van der Waals surface area contributed by atoms with E-state index in [4.69, 9.17) is 23.7 Å². The van der Waals surface area contributed by atoms with E-state index in [2.05, 4.69) is 0 Å². The van der Waals surface area contributed by atoms with Crippen LogP contribution in [0.15, 0.2) is 36.4 Å². The maximum Gasteiger partial charge on any atom is 0.317 e. The second-order valence-corrected chi connectivity index (χ2v) is 22.8. The molecule has 1 aliphatic rings. The first kappa shape index (κ1) is 53.6. The normalized spacial score (nSPS) is 17.3. The Hall–Kier alpha value is -4.76. The number of rotatable bonds is 18. The maximum absolute atomic E-state index is 15.4. The smallest absolute Gasteiger partial charge is 0.317 e. The molecular formula is C49H72N2O13. The fraction of sp³-hybridized carbons (Fsp3) is 0.673. The van der Waals surface area contributed by atoms with Gasteiger partial charge in [-0.15, -0.1) is 0 Å². The molecule has 15 heteroatoms. The van der Waals surface area contributed by atoms with Crippen LogP contribution < -0.4 is 9.47 Å². The third kappa shape index (κ3) is 10.2. The van der Waals surface area contributed by atoms with Gasteiger partial charge in [0.2, 0.25) is 0 Å². The van der Waals surface area contributed by atoms with E-state index in [1.54, 1.807) is 0 Å². The highest BCUT2D eigenvalue weighted by molar-refractivity contribution is 5.84. The number of aldehydes is 1. The van der Waals surface area contributed by atoms with Gasteiger partial charge < -0.3 is 23.7 Å². The van der Waals surface area contributed by atoms with Gasteiger partial charge in [0.1, 0.15) is 11.5 Å². The molecular weight excluding hydrogens is 825 g/mol. The summed E-state index contributed by atoms with van der Waals surface area (Å²) in [5, 5.41) is 23.7. The number of nitro benzene ring substituents is 2. The van der Waals surface area contributed by atoms with Crippen LogP contribution in [-0.4, -0.2) is 54.4 Å². The van der Waals surface area contributed by atoms with Crippen molar-refractivity contribution in [2.75, 3.05) is 20.3 Å². The molecule has 0 aromatic heterocycles. The Morgan fingerprint density at radius 3 is 1.42 bits per heavy atom. The van der Waals surface area contributed by atoms with E-state index in [0.29, 0.717) is 19.1 Å². The van der Waals surface area contributed by atoms with Crippen molar-refractivity contribution in [2.24, 2.45) is 48.7 Å². The van der Waals surface area contributed by atoms with Crippen LogP contribution in [0.2, 0.25) is 0 Å². The summed E-state index contributed by atoms with van der Waals surface area (Å²) >= 11 is 0. The Balaban J connectivity index is 2.31. The van der Waals surface area contributed by atoms with Crippen LogP contribution in [0.3, 0.4) is 0 Å². The van der Waals surface area contributed by atoms with Crippen LogP contribution in [0.25, 0.3) is 0 Å². The first-order valence-electron chi connectivity index (χ1n) is 21.7. The van der Waals surface area contributed by atoms with E-state index in [0.717, 1.165) is 6.07 Å². The summed E-state index contributed by atoms with van der Waals surface area (Å²) in [4.78, 5) is 78.3. The minimum absolute atomic E-state index is 0.0360. The third-order valence-electron chi connectivity index (χ3n) is 15.6. The van der Waals surface area contributed by atoms with Gasteiger partial charge in [0.25, 0.3) is 11.4 Å². The number of nitrogens with zero attached hydrogens (tertiary/aromatic N) is 2. The average molecular weight is 897 g/mol. The molecule has 0 amide bonds. The van der Waals surface area contributed by atoms with Crippen LogP contribution in [0, 0.1) is 69.0 Å². The van der Waals surface area contributed by atoms with Crippen molar-refractivity contribution in [1.82, 2.24) is 0 Å². The molecule has 356 valence electrons. The van der Waals surface area contributed by atoms with Crippen molar-refractivity contribution in [1.29, 1.82) is 0 Å². The molecule has 0 aliphatic carbocycles. The first-order valence-corrected chi connectivity index (χ1v) is 21.7. The van der Waals surface area contributed by atoms with Gasteiger partial charge in [-0.25, -0.2) is 0 Å². The lowest BCUT2D eigenvalue weighted by Gasteiger charge is -2.60. The van der Waals surface area contributed by atoms with Gasteiger partial charge >= 0.3 is 17.9 Å². The quantitative estimate of drug-likeness (QED) is 0.0450. The number of carbonyl (C=O) groups is 4. The number of methoxy groups -OCH3 is 1. The highest BCUT2D eigenvalue weighted by Gasteiger charge is 2.64. The number of esters is 3. The number of ether oxygens (including phenoxy) is 5. The van der Waals surface area contributed by atoms with Gasteiger partial charge in [0.15, 0.2) is 12.6 Å². The van der Waals surface area contributed by atoms with E-state index < -0.39 is 88.5 Å². The molecule has 1 heterocycles. The molecule has 3 unspecified atom stereocenters. The molecule has 0 radical (unpaired) electrons. The summed E-state index contributed by atoms with van der Waals surface area (Å²) in [5.74, 6) is -1.68. The Labute approximate surface area is 379 Å². The number of carbonyl (C=O) groups excluding carboxylic acids is 4. The molecule has 15 nitrogen and oxygen atoms in total. The fourth-order valence-corrected chi connectivity index (χ4v) is 9.51. The van der Waals surface area contributed by atoms with Crippen molar-refractivity contribution in [3.63, 3.8) is 0 Å². The van der Waals surface area contributed by atoms with Gasteiger partial charge in [-0.2, -0.15) is 0 Å². The highest BCUT2D eigenvalue weighted by atomic mass is 16.7. The summed E-state index contributed by atoms with van der Waals surface area (Å²) in [6.45, 7) is 33.7. The van der Waals surface area contributed by atoms with Gasteiger partial charge in [-0.05, 0) is 96.8 Å². The second-order valence-electron chi connectivity index (χ2n) is 22.8. The summed E-state index contributed by atoms with van der Waals surface area (Å²) in [6.07, 6.45) is 0.00787. The second kappa shape index (κ2) is 18.3. The topological polar surface area (TPSA) is 201 Å². The minimum atomic E-state index is -1.43. The summed E-state index contributed by atoms with van der Waals surface area (Å²) in [5.41, 5.74) is -9.38. The van der Waals surface area contributed by atoms with Crippen LogP contribution in [-0.2, 0) is 28.6 Å². The Morgan fingerprint density at radius 2 is 1.03 bits per heavy atom. The van der Waals surface area contributed by atoms with E-state index in [-0.39, 0.29) is 47.9 Å². The number of hydrogen-bond donors (Lipinski definition) is 0. The molecule has 2 aromatic carbocycles. The Bertz CT molecular complexity index is 2120. The monoisotopic (exact) mass is 897 g/mol. The zero-order valence-electron chi connectivity index (χ0n) is 41.4. The molecule has 0 spiro atoms. The lowest BCUT2D eigenvalue weighted by Crippen LogP contribution is -2.59. The summed E-state index contributed by atoms with van der Waals surface area (Å²) < 4.78 is 29.0. The zero-order chi connectivity index (χ0) is 49.4. The average Bonchev–Trinajstić information content (AvgIpc) is 3.70. The minimum Gasteiger partial charge on any atom is -0.469 e. The van der Waals surface area contributed by atoms with Gasteiger partial charge in [-0.3, -0.25) is 39.4 Å². The number of nitro groups is 2. The molecule has 3 rings (SSSR count). The van der Waals surface area contributed by atoms with E-state index in [9.17, 15) is 34.6 Å². The number of hydrogen-bond acceptors (Lipinski definition) is 13.